The second-order valence-electron chi connectivity index (χ2n) is 3.88. The van der Waals surface area contributed by atoms with Crippen LogP contribution in [0.1, 0.15) is 30.1 Å². The molecule has 1 aromatic rings. The fourth-order valence-corrected chi connectivity index (χ4v) is 2.24. The number of aryl methyl sites for hydroxylation is 1. The van der Waals surface area contributed by atoms with Crippen LogP contribution in [-0.4, -0.2) is 39.9 Å². The Morgan fingerprint density at radius 2 is 2.57 bits per heavy atom. The Labute approximate surface area is 83.9 Å². The molecule has 0 bridgehead atoms. The third kappa shape index (κ3) is 1.67. The van der Waals surface area contributed by atoms with E-state index in [1.54, 1.807) is 0 Å². The Balaban J connectivity index is 2.13. The molecule has 1 aliphatic rings. The van der Waals surface area contributed by atoms with Gasteiger partial charge in [0.1, 0.15) is 0 Å². The van der Waals surface area contributed by atoms with Crippen LogP contribution in [0.15, 0.2) is 6.20 Å². The Morgan fingerprint density at radius 1 is 1.71 bits per heavy atom. The molecule has 2 N–H and O–H groups in total. The Morgan fingerprint density at radius 3 is 3.21 bits per heavy atom. The average Bonchev–Trinajstić information content (AvgIpc) is 2.74. The Bertz CT molecular complexity index is 297. The lowest BCUT2D eigenvalue weighted by molar-refractivity contribution is 0.183. The number of aliphatic hydroxyl groups excluding tert-OH is 1. The molecule has 1 fully saturated rings. The minimum atomic E-state index is 0.240. The lowest BCUT2D eigenvalue weighted by Gasteiger charge is -2.22. The zero-order chi connectivity index (χ0) is 9.97. The molecule has 0 aliphatic carbocycles. The van der Waals surface area contributed by atoms with Gasteiger partial charge in [-0.25, -0.2) is 0 Å². The summed E-state index contributed by atoms with van der Waals surface area (Å²) >= 11 is 0. The number of aliphatic hydroxyl groups is 1. The number of H-pyrrole nitrogens is 1. The van der Waals surface area contributed by atoms with Crippen LogP contribution in [0.25, 0.3) is 0 Å². The highest BCUT2D eigenvalue weighted by Gasteiger charge is 2.27. The van der Waals surface area contributed by atoms with E-state index >= 15 is 0 Å². The van der Waals surface area contributed by atoms with Gasteiger partial charge in [-0.15, -0.1) is 0 Å². The van der Waals surface area contributed by atoms with Crippen molar-refractivity contribution in [2.24, 2.45) is 0 Å². The van der Waals surface area contributed by atoms with Crippen LogP contribution in [-0.2, 0) is 0 Å². The minimum Gasteiger partial charge on any atom is -0.395 e. The number of rotatable bonds is 3. The van der Waals surface area contributed by atoms with E-state index in [9.17, 15) is 0 Å². The summed E-state index contributed by atoms with van der Waals surface area (Å²) in [6, 6.07) is 0.435. The summed E-state index contributed by atoms with van der Waals surface area (Å²) in [6.45, 7) is 4.17. The van der Waals surface area contributed by atoms with Gasteiger partial charge in [-0.05, 0) is 31.9 Å². The molecule has 1 aromatic heterocycles. The summed E-state index contributed by atoms with van der Waals surface area (Å²) in [5.74, 6) is 0. The van der Waals surface area contributed by atoms with Crippen molar-refractivity contribution in [1.29, 1.82) is 0 Å². The molecule has 0 aromatic carbocycles. The maximum atomic E-state index is 8.94. The van der Waals surface area contributed by atoms with Crippen LogP contribution in [0.3, 0.4) is 0 Å². The predicted molar refractivity (Wildman–Crippen MR) is 54.0 cm³/mol. The monoisotopic (exact) mass is 195 g/mol. The molecule has 4 nitrogen and oxygen atoms in total. The van der Waals surface area contributed by atoms with Crippen LogP contribution in [0.4, 0.5) is 0 Å². The van der Waals surface area contributed by atoms with Gasteiger partial charge in [-0.3, -0.25) is 10.00 Å². The van der Waals surface area contributed by atoms with Gasteiger partial charge in [0, 0.05) is 6.54 Å². The number of hydrogen-bond donors (Lipinski definition) is 2. The average molecular weight is 195 g/mol. The Kier molecular flexibility index (Phi) is 2.84. The highest BCUT2D eigenvalue weighted by atomic mass is 16.3. The van der Waals surface area contributed by atoms with Crippen molar-refractivity contribution < 1.29 is 5.11 Å². The van der Waals surface area contributed by atoms with Gasteiger partial charge >= 0.3 is 0 Å². The topological polar surface area (TPSA) is 52.2 Å². The van der Waals surface area contributed by atoms with E-state index < -0.39 is 0 Å². The summed E-state index contributed by atoms with van der Waals surface area (Å²) in [5.41, 5.74) is 2.44. The van der Waals surface area contributed by atoms with Gasteiger partial charge in [0.15, 0.2) is 0 Å². The third-order valence-corrected chi connectivity index (χ3v) is 2.95. The molecule has 0 amide bonds. The van der Waals surface area contributed by atoms with Crippen molar-refractivity contribution >= 4 is 0 Å². The standard InChI is InChI=1S/C10H17N3O/c1-8-7-11-12-10(8)9-3-2-4-13(9)5-6-14/h7,9,14H,2-6H2,1H3,(H,11,12)/t9-/m1/s1. The van der Waals surface area contributed by atoms with Crippen LogP contribution >= 0.6 is 0 Å². The van der Waals surface area contributed by atoms with Crippen molar-refractivity contribution in [1.82, 2.24) is 15.1 Å². The van der Waals surface area contributed by atoms with Gasteiger partial charge in [-0.2, -0.15) is 5.10 Å². The van der Waals surface area contributed by atoms with Gasteiger partial charge in [0.2, 0.25) is 0 Å². The van der Waals surface area contributed by atoms with Crippen molar-refractivity contribution in [3.8, 4) is 0 Å². The lowest BCUT2D eigenvalue weighted by atomic mass is 10.1. The molecule has 4 heteroatoms. The minimum absolute atomic E-state index is 0.240. The molecule has 14 heavy (non-hydrogen) atoms. The quantitative estimate of drug-likeness (QED) is 0.751. The second kappa shape index (κ2) is 4.11. The maximum absolute atomic E-state index is 8.94. The first-order chi connectivity index (χ1) is 6.83. The first kappa shape index (κ1) is 9.68. The highest BCUT2D eigenvalue weighted by Crippen LogP contribution is 2.31. The molecule has 0 spiro atoms. The molecule has 0 radical (unpaired) electrons. The smallest absolute Gasteiger partial charge is 0.0558 e. The normalized spacial score (nSPS) is 23.1. The van der Waals surface area contributed by atoms with Crippen LogP contribution in [0.2, 0.25) is 0 Å². The van der Waals surface area contributed by atoms with E-state index in [0.717, 1.165) is 13.1 Å². The molecule has 1 saturated heterocycles. The first-order valence-corrected chi connectivity index (χ1v) is 5.17. The van der Waals surface area contributed by atoms with Crippen molar-refractivity contribution in [3.05, 3.63) is 17.5 Å². The van der Waals surface area contributed by atoms with Crippen LogP contribution in [0.5, 0.6) is 0 Å². The molecule has 2 rings (SSSR count). The van der Waals surface area contributed by atoms with E-state index in [4.69, 9.17) is 5.11 Å². The van der Waals surface area contributed by atoms with E-state index in [-0.39, 0.29) is 6.61 Å². The van der Waals surface area contributed by atoms with Crippen molar-refractivity contribution in [2.45, 2.75) is 25.8 Å². The number of aromatic nitrogens is 2. The van der Waals surface area contributed by atoms with E-state index in [1.165, 1.54) is 24.1 Å². The lowest BCUT2D eigenvalue weighted by Crippen LogP contribution is -2.27. The number of nitrogens with one attached hydrogen (secondary N) is 1. The zero-order valence-electron chi connectivity index (χ0n) is 8.53. The molecule has 0 saturated carbocycles. The summed E-state index contributed by atoms with van der Waals surface area (Å²) in [4.78, 5) is 2.32. The summed E-state index contributed by atoms with van der Waals surface area (Å²) in [7, 11) is 0. The van der Waals surface area contributed by atoms with E-state index in [2.05, 4.69) is 22.0 Å². The van der Waals surface area contributed by atoms with Crippen LogP contribution < -0.4 is 0 Å². The number of hydrogen-bond acceptors (Lipinski definition) is 3. The van der Waals surface area contributed by atoms with Crippen molar-refractivity contribution in [3.63, 3.8) is 0 Å². The Hall–Kier alpha value is -0.870. The van der Waals surface area contributed by atoms with Gasteiger partial charge in [0.05, 0.1) is 24.5 Å². The largest absolute Gasteiger partial charge is 0.395 e. The molecule has 2 heterocycles. The number of β-amino-alcohol motifs (C(OH)–C–C–N with tert-alkyl or cyclic N) is 1. The van der Waals surface area contributed by atoms with Gasteiger partial charge < -0.3 is 5.11 Å². The second-order valence-corrected chi connectivity index (χ2v) is 3.88. The van der Waals surface area contributed by atoms with Crippen molar-refractivity contribution in [2.75, 3.05) is 19.7 Å². The molecule has 1 atom stereocenters. The molecular weight excluding hydrogens is 178 g/mol. The SMILES string of the molecule is Cc1cn[nH]c1[C@H]1CCCN1CCO. The zero-order valence-corrected chi connectivity index (χ0v) is 8.53. The van der Waals surface area contributed by atoms with Crippen LogP contribution in [0, 0.1) is 6.92 Å². The fraction of sp³-hybridized carbons (Fsp3) is 0.700. The van der Waals surface area contributed by atoms with E-state index in [1.807, 2.05) is 6.20 Å². The number of aromatic amines is 1. The first-order valence-electron chi connectivity index (χ1n) is 5.17. The summed E-state index contributed by atoms with van der Waals surface area (Å²) < 4.78 is 0. The van der Waals surface area contributed by atoms with E-state index in [0.29, 0.717) is 6.04 Å². The van der Waals surface area contributed by atoms with Gasteiger partial charge in [0.25, 0.3) is 0 Å². The highest BCUT2D eigenvalue weighted by molar-refractivity contribution is 5.19. The molecular formula is C10H17N3O. The molecule has 1 aliphatic heterocycles. The molecule has 0 unspecified atom stereocenters. The predicted octanol–water partition coefficient (Wildman–Crippen LogP) is 0.847. The summed E-state index contributed by atoms with van der Waals surface area (Å²) in [6.07, 6.45) is 4.25. The molecule has 78 valence electrons. The summed E-state index contributed by atoms with van der Waals surface area (Å²) in [5, 5.41) is 16.1. The number of likely N-dealkylation sites (tertiary alicyclic amines) is 1. The van der Waals surface area contributed by atoms with Gasteiger partial charge in [-0.1, -0.05) is 0 Å². The fourth-order valence-electron chi connectivity index (χ4n) is 2.24. The third-order valence-electron chi connectivity index (χ3n) is 2.95. The number of nitrogens with zero attached hydrogens (tertiary/aromatic N) is 2. The maximum Gasteiger partial charge on any atom is 0.0558 e.